The molecule has 0 fully saturated rings. The van der Waals surface area contributed by atoms with E-state index >= 15 is 0 Å². The third-order valence-corrected chi connectivity index (χ3v) is 13.4. The third kappa shape index (κ3) is 15.0. The summed E-state index contributed by atoms with van der Waals surface area (Å²) in [4.78, 5) is 0. The molecule has 0 heterocycles. The summed E-state index contributed by atoms with van der Waals surface area (Å²) in [5.74, 6) is 0. The van der Waals surface area contributed by atoms with Crippen LogP contribution in [0.3, 0.4) is 0 Å². The summed E-state index contributed by atoms with van der Waals surface area (Å²) in [7, 11) is 0. The van der Waals surface area contributed by atoms with E-state index < -0.39 is 19.8 Å². The first-order valence-corrected chi connectivity index (χ1v) is 15.3. The van der Waals surface area contributed by atoms with Gasteiger partial charge in [0, 0.05) is 0 Å². The van der Waals surface area contributed by atoms with E-state index in [1.54, 1.807) is 13.3 Å². The molecule has 0 bridgehead atoms. The summed E-state index contributed by atoms with van der Waals surface area (Å²) in [6.07, 6.45) is 4.38. The minimum atomic E-state index is -1.28. The normalized spacial score (nSPS) is 14.2. The van der Waals surface area contributed by atoms with Gasteiger partial charge >= 0.3 is 131 Å². The second-order valence-corrected chi connectivity index (χ2v) is 20.1. The van der Waals surface area contributed by atoms with Gasteiger partial charge in [-0.2, -0.15) is 0 Å². The molecule has 0 radical (unpaired) electrons. The topological polar surface area (TPSA) is 0 Å². The summed E-state index contributed by atoms with van der Waals surface area (Å²) in [6, 6.07) is 0. The summed E-state index contributed by atoms with van der Waals surface area (Å²) in [5.41, 5.74) is 1.62. The predicted molar refractivity (Wildman–Crippen MR) is 93.8 cm³/mol. The molecular formula is C18H40Sn. The van der Waals surface area contributed by atoms with Crippen LogP contribution in [0.15, 0.2) is 0 Å². The van der Waals surface area contributed by atoms with Crippen LogP contribution in [0.1, 0.15) is 81.6 Å². The van der Waals surface area contributed by atoms with Crippen LogP contribution in [0.25, 0.3) is 0 Å². The SMILES string of the molecule is CC(C)(C)C[CH2][SnH]([CH2]CC(C)(C)C)[CH2]CC(C)(C)C. The van der Waals surface area contributed by atoms with Crippen molar-refractivity contribution in [1.29, 1.82) is 0 Å². The molecule has 0 aromatic rings. The number of rotatable bonds is 6. The van der Waals surface area contributed by atoms with Crippen LogP contribution >= 0.6 is 0 Å². The number of hydrogen-bond donors (Lipinski definition) is 0. The fourth-order valence-electron chi connectivity index (χ4n) is 2.34. The van der Waals surface area contributed by atoms with Crippen molar-refractivity contribution >= 4 is 19.8 Å². The van der Waals surface area contributed by atoms with E-state index in [0.29, 0.717) is 16.2 Å². The van der Waals surface area contributed by atoms with Crippen LogP contribution < -0.4 is 0 Å². The molecule has 0 spiro atoms. The van der Waals surface area contributed by atoms with E-state index in [2.05, 4.69) is 62.3 Å². The molecule has 0 amide bonds. The maximum atomic E-state index is 2.41. The van der Waals surface area contributed by atoms with Crippen LogP contribution in [0.2, 0.25) is 13.3 Å². The molecule has 0 aromatic heterocycles. The van der Waals surface area contributed by atoms with Gasteiger partial charge in [0.05, 0.1) is 0 Å². The van der Waals surface area contributed by atoms with Gasteiger partial charge in [-0.15, -0.1) is 0 Å². The van der Waals surface area contributed by atoms with E-state index in [-0.39, 0.29) is 0 Å². The van der Waals surface area contributed by atoms with Crippen LogP contribution in [0.5, 0.6) is 0 Å². The Bertz CT molecular complexity index is 191. The second-order valence-electron chi connectivity index (χ2n) is 10.2. The molecule has 0 unspecified atom stereocenters. The summed E-state index contributed by atoms with van der Waals surface area (Å²) >= 11 is -1.28. The zero-order chi connectivity index (χ0) is 15.3. The monoisotopic (exact) mass is 376 g/mol. The van der Waals surface area contributed by atoms with Gasteiger partial charge in [0.25, 0.3) is 0 Å². The quantitative estimate of drug-likeness (QED) is 0.464. The zero-order valence-corrected chi connectivity index (χ0v) is 18.6. The standard InChI is InChI=1S/3C6H13.Sn.H/c3*1-5-6(2,3)4;;/h3*1,5H2,2-4H3;;. The Balaban J connectivity index is 4.30. The molecule has 0 aliphatic heterocycles. The molecule has 1 heteroatoms. The zero-order valence-electron chi connectivity index (χ0n) is 15.3. The molecule has 0 nitrogen and oxygen atoms in total. The van der Waals surface area contributed by atoms with Gasteiger partial charge in [0.1, 0.15) is 0 Å². The second kappa shape index (κ2) is 7.71. The molecule has 0 saturated heterocycles. The molecule has 0 rings (SSSR count). The molecule has 0 aromatic carbocycles. The Morgan fingerprint density at radius 3 is 0.842 bits per heavy atom. The van der Waals surface area contributed by atoms with Gasteiger partial charge in [-0.1, -0.05) is 0 Å². The average Bonchev–Trinajstić information content (AvgIpc) is 2.11. The Kier molecular flexibility index (Phi) is 8.03. The van der Waals surface area contributed by atoms with Gasteiger partial charge in [-0.25, -0.2) is 0 Å². The van der Waals surface area contributed by atoms with Crippen LogP contribution in [-0.2, 0) is 0 Å². The van der Waals surface area contributed by atoms with E-state index in [1.165, 1.54) is 19.3 Å². The Labute approximate surface area is 130 Å². The molecule has 0 atom stereocenters. The van der Waals surface area contributed by atoms with Crippen LogP contribution in [0.4, 0.5) is 0 Å². The first kappa shape index (κ1) is 19.8. The van der Waals surface area contributed by atoms with Gasteiger partial charge in [0.15, 0.2) is 0 Å². The van der Waals surface area contributed by atoms with Crippen molar-refractivity contribution in [3.8, 4) is 0 Å². The van der Waals surface area contributed by atoms with E-state index in [9.17, 15) is 0 Å². The molecular weight excluding hydrogens is 335 g/mol. The van der Waals surface area contributed by atoms with Gasteiger partial charge in [-0.3, -0.25) is 0 Å². The van der Waals surface area contributed by atoms with E-state index in [4.69, 9.17) is 0 Å². The predicted octanol–water partition coefficient (Wildman–Crippen LogP) is 6.52. The van der Waals surface area contributed by atoms with Gasteiger partial charge < -0.3 is 0 Å². The third-order valence-electron chi connectivity index (χ3n) is 3.91. The number of hydrogen-bond acceptors (Lipinski definition) is 0. The summed E-state index contributed by atoms with van der Waals surface area (Å²) < 4.78 is 4.87. The Morgan fingerprint density at radius 1 is 0.474 bits per heavy atom. The van der Waals surface area contributed by atoms with Crippen molar-refractivity contribution < 1.29 is 0 Å². The average molecular weight is 375 g/mol. The van der Waals surface area contributed by atoms with Crippen LogP contribution in [0, 0.1) is 16.2 Å². The molecule has 0 aliphatic rings. The Hall–Kier alpha value is 0.799. The molecule has 0 N–H and O–H groups in total. The molecule has 19 heavy (non-hydrogen) atoms. The molecule has 116 valence electrons. The van der Waals surface area contributed by atoms with Crippen molar-refractivity contribution in [2.75, 3.05) is 0 Å². The maximum absolute atomic E-state index is 2.41. The van der Waals surface area contributed by atoms with Crippen molar-refractivity contribution in [2.45, 2.75) is 94.9 Å². The molecule has 0 aliphatic carbocycles. The first-order chi connectivity index (χ1) is 8.29. The van der Waals surface area contributed by atoms with Crippen molar-refractivity contribution in [2.24, 2.45) is 16.2 Å². The fraction of sp³-hybridized carbons (Fsp3) is 1.00. The van der Waals surface area contributed by atoms with Crippen molar-refractivity contribution in [3.05, 3.63) is 0 Å². The minimum absolute atomic E-state index is 0.540. The van der Waals surface area contributed by atoms with E-state index in [1.807, 2.05) is 0 Å². The molecule has 0 saturated carbocycles. The fourth-order valence-corrected chi connectivity index (χ4v) is 15.7. The van der Waals surface area contributed by atoms with Crippen molar-refractivity contribution in [1.82, 2.24) is 0 Å². The Morgan fingerprint density at radius 2 is 0.684 bits per heavy atom. The van der Waals surface area contributed by atoms with Gasteiger partial charge in [0.2, 0.25) is 0 Å². The van der Waals surface area contributed by atoms with Crippen molar-refractivity contribution in [3.63, 3.8) is 0 Å². The first-order valence-electron chi connectivity index (χ1n) is 8.29. The van der Waals surface area contributed by atoms with Gasteiger partial charge in [-0.05, 0) is 0 Å². The van der Waals surface area contributed by atoms with E-state index in [0.717, 1.165) is 0 Å². The summed E-state index contributed by atoms with van der Waals surface area (Å²) in [6.45, 7) is 21.7. The van der Waals surface area contributed by atoms with Crippen LogP contribution in [-0.4, -0.2) is 19.8 Å². The summed E-state index contributed by atoms with van der Waals surface area (Å²) in [5, 5.41) is 0.